The summed E-state index contributed by atoms with van der Waals surface area (Å²) in [5.41, 5.74) is 1.22. The molecule has 1 amide bonds. The smallest absolute Gasteiger partial charge is 0.225 e. The van der Waals surface area contributed by atoms with Crippen molar-refractivity contribution < 1.29 is 14.3 Å². The number of piperidine rings is 2. The van der Waals surface area contributed by atoms with Crippen molar-refractivity contribution in [2.24, 2.45) is 11.3 Å². The second kappa shape index (κ2) is 6.60. The monoisotopic (exact) mass is 346 g/mol. The van der Waals surface area contributed by atoms with Gasteiger partial charge in [-0.15, -0.1) is 0 Å². The van der Waals surface area contributed by atoms with Crippen LogP contribution in [0.5, 0.6) is 5.75 Å². The number of aromatic hydroxyl groups is 1. The maximum atomic E-state index is 13.6. The van der Waals surface area contributed by atoms with Crippen LogP contribution in [0, 0.1) is 17.2 Å². The van der Waals surface area contributed by atoms with Crippen molar-refractivity contribution in [1.29, 1.82) is 0 Å². The molecule has 3 aliphatic rings. The molecule has 3 fully saturated rings. The van der Waals surface area contributed by atoms with Gasteiger partial charge in [-0.2, -0.15) is 0 Å². The molecule has 0 bridgehead atoms. The van der Waals surface area contributed by atoms with E-state index < -0.39 is 5.82 Å². The number of hydrogen-bond acceptors (Lipinski definition) is 3. The average molecular weight is 346 g/mol. The molecule has 1 spiro atoms. The minimum atomic E-state index is -0.412. The van der Waals surface area contributed by atoms with Crippen LogP contribution in [0.2, 0.25) is 0 Å². The van der Waals surface area contributed by atoms with Crippen LogP contribution in [0.15, 0.2) is 18.2 Å². The van der Waals surface area contributed by atoms with Gasteiger partial charge in [0, 0.05) is 31.0 Å². The van der Waals surface area contributed by atoms with Gasteiger partial charge < -0.3 is 15.3 Å². The van der Waals surface area contributed by atoms with Crippen molar-refractivity contribution in [2.75, 3.05) is 26.2 Å². The van der Waals surface area contributed by atoms with E-state index in [1.54, 1.807) is 6.07 Å². The van der Waals surface area contributed by atoms with Crippen molar-refractivity contribution >= 4 is 5.91 Å². The third-order valence-electron chi connectivity index (χ3n) is 6.48. The van der Waals surface area contributed by atoms with E-state index in [1.807, 2.05) is 4.90 Å². The highest BCUT2D eigenvalue weighted by Crippen LogP contribution is 2.52. The molecular formula is C20H27FN2O2. The number of nitrogens with zero attached hydrogens (tertiary/aromatic N) is 1. The molecule has 0 radical (unpaired) electrons. The zero-order valence-electron chi connectivity index (χ0n) is 14.6. The summed E-state index contributed by atoms with van der Waals surface area (Å²) in [6.45, 7) is 3.61. The zero-order chi connectivity index (χ0) is 17.4. The highest BCUT2D eigenvalue weighted by Gasteiger charge is 2.48. The summed E-state index contributed by atoms with van der Waals surface area (Å²) in [6, 6.07) is 4.25. The number of benzene rings is 1. The molecule has 0 aromatic heterocycles. The van der Waals surface area contributed by atoms with Crippen molar-refractivity contribution in [2.45, 2.75) is 44.4 Å². The molecule has 2 heterocycles. The van der Waals surface area contributed by atoms with Crippen LogP contribution in [0.1, 0.15) is 50.0 Å². The molecule has 4 nitrogen and oxygen atoms in total. The third kappa shape index (κ3) is 3.39. The van der Waals surface area contributed by atoms with E-state index >= 15 is 0 Å². The molecule has 1 unspecified atom stereocenters. The minimum absolute atomic E-state index is 0.0368. The van der Waals surface area contributed by atoms with Crippen molar-refractivity contribution in [3.8, 4) is 5.75 Å². The van der Waals surface area contributed by atoms with E-state index in [4.69, 9.17) is 0 Å². The van der Waals surface area contributed by atoms with E-state index in [-0.39, 0.29) is 23.5 Å². The number of hydrogen-bond donors (Lipinski definition) is 2. The lowest BCUT2D eigenvalue weighted by Gasteiger charge is -2.51. The second-order valence-electron chi connectivity index (χ2n) is 8.22. The van der Waals surface area contributed by atoms with Gasteiger partial charge in [-0.25, -0.2) is 4.39 Å². The summed E-state index contributed by atoms with van der Waals surface area (Å²) in [6.07, 6.45) is 6.34. The SMILES string of the molecule is O=C(C1CC2(CCNCC2)C1)N1CCCC(c2cc(O)cc(F)c2)C1. The predicted molar refractivity (Wildman–Crippen MR) is 93.9 cm³/mol. The molecule has 1 aromatic carbocycles. The molecular weight excluding hydrogens is 319 g/mol. The highest BCUT2D eigenvalue weighted by atomic mass is 19.1. The lowest BCUT2D eigenvalue weighted by molar-refractivity contribution is -0.146. The van der Waals surface area contributed by atoms with Gasteiger partial charge >= 0.3 is 0 Å². The van der Waals surface area contributed by atoms with Crippen molar-refractivity contribution in [3.63, 3.8) is 0 Å². The first kappa shape index (κ1) is 16.8. The molecule has 25 heavy (non-hydrogen) atoms. The van der Waals surface area contributed by atoms with Crippen molar-refractivity contribution in [3.05, 3.63) is 29.6 Å². The highest BCUT2D eigenvalue weighted by molar-refractivity contribution is 5.80. The molecule has 2 saturated heterocycles. The first-order valence-corrected chi connectivity index (χ1v) is 9.54. The van der Waals surface area contributed by atoms with Gasteiger partial charge in [-0.1, -0.05) is 0 Å². The largest absolute Gasteiger partial charge is 0.508 e. The summed E-state index contributed by atoms with van der Waals surface area (Å²) in [4.78, 5) is 14.9. The first-order chi connectivity index (χ1) is 12.0. The van der Waals surface area contributed by atoms with Gasteiger partial charge in [-0.05, 0) is 74.7 Å². The fourth-order valence-corrected chi connectivity index (χ4v) is 5.07. The number of likely N-dealkylation sites (tertiary alicyclic amines) is 1. The van der Waals surface area contributed by atoms with Crippen LogP contribution in [0.4, 0.5) is 4.39 Å². The van der Waals surface area contributed by atoms with Gasteiger partial charge in [0.25, 0.3) is 0 Å². The van der Waals surface area contributed by atoms with Crippen LogP contribution in [-0.2, 0) is 4.79 Å². The molecule has 2 aliphatic heterocycles. The molecule has 1 aromatic rings. The number of carbonyl (C=O) groups is 1. The standard InChI is InChI=1S/C20H27FN2O2/c21-17-8-15(9-18(24)10-17)14-2-1-7-23(13-14)19(25)16-11-20(12-16)3-5-22-6-4-20/h8-10,14,16,22,24H,1-7,11-13H2. The molecule has 1 saturated carbocycles. The zero-order valence-corrected chi connectivity index (χ0v) is 14.6. The van der Waals surface area contributed by atoms with Crippen LogP contribution < -0.4 is 5.32 Å². The first-order valence-electron chi connectivity index (χ1n) is 9.54. The number of nitrogens with one attached hydrogen (secondary N) is 1. The molecule has 136 valence electrons. The summed E-state index contributed by atoms with van der Waals surface area (Å²) < 4.78 is 13.6. The Morgan fingerprint density at radius 1 is 1.24 bits per heavy atom. The Kier molecular flexibility index (Phi) is 4.44. The fourth-order valence-electron chi connectivity index (χ4n) is 5.07. The Balaban J connectivity index is 1.39. The molecule has 2 N–H and O–H groups in total. The van der Waals surface area contributed by atoms with Gasteiger partial charge in [-0.3, -0.25) is 4.79 Å². The lowest BCUT2D eigenvalue weighted by Crippen LogP contribution is -2.52. The van der Waals surface area contributed by atoms with E-state index in [0.29, 0.717) is 12.0 Å². The predicted octanol–water partition coefficient (Wildman–Crippen LogP) is 3.02. The Hall–Kier alpha value is -1.62. The van der Waals surface area contributed by atoms with Crippen LogP contribution in [0.25, 0.3) is 0 Å². The normalized spacial score (nSPS) is 26.4. The number of phenols is 1. The topological polar surface area (TPSA) is 52.6 Å². The average Bonchev–Trinajstić information content (AvgIpc) is 2.59. The van der Waals surface area contributed by atoms with Gasteiger partial charge in [0.2, 0.25) is 5.91 Å². The maximum Gasteiger partial charge on any atom is 0.225 e. The minimum Gasteiger partial charge on any atom is -0.508 e. The Morgan fingerprint density at radius 3 is 2.72 bits per heavy atom. The van der Waals surface area contributed by atoms with Crippen LogP contribution >= 0.6 is 0 Å². The molecule has 5 heteroatoms. The second-order valence-corrected chi connectivity index (χ2v) is 8.22. The van der Waals surface area contributed by atoms with Crippen molar-refractivity contribution in [1.82, 2.24) is 10.2 Å². The summed E-state index contributed by atoms with van der Waals surface area (Å²) in [5.74, 6) is 0.134. The van der Waals surface area contributed by atoms with E-state index in [0.717, 1.165) is 56.9 Å². The van der Waals surface area contributed by atoms with E-state index in [9.17, 15) is 14.3 Å². The summed E-state index contributed by atoms with van der Waals surface area (Å²) in [5, 5.41) is 13.1. The summed E-state index contributed by atoms with van der Waals surface area (Å²) in [7, 11) is 0. The van der Waals surface area contributed by atoms with Gasteiger partial charge in [0.15, 0.2) is 0 Å². The summed E-state index contributed by atoms with van der Waals surface area (Å²) >= 11 is 0. The number of halogens is 1. The molecule has 4 rings (SSSR count). The lowest BCUT2D eigenvalue weighted by atomic mass is 9.57. The van der Waals surface area contributed by atoms with E-state index in [2.05, 4.69) is 5.32 Å². The van der Waals surface area contributed by atoms with Gasteiger partial charge in [0.05, 0.1) is 0 Å². The Morgan fingerprint density at radius 2 is 2.00 bits per heavy atom. The van der Waals surface area contributed by atoms with Crippen LogP contribution in [0.3, 0.4) is 0 Å². The number of rotatable bonds is 2. The molecule has 1 atom stereocenters. The van der Waals surface area contributed by atoms with E-state index in [1.165, 1.54) is 18.9 Å². The van der Waals surface area contributed by atoms with Crippen LogP contribution in [-0.4, -0.2) is 42.1 Å². The maximum absolute atomic E-state index is 13.6. The number of amides is 1. The number of phenolic OH excluding ortho intramolecular Hbond substituents is 1. The Labute approximate surface area is 148 Å². The van der Waals surface area contributed by atoms with Gasteiger partial charge in [0.1, 0.15) is 11.6 Å². The quantitative estimate of drug-likeness (QED) is 0.865. The fraction of sp³-hybridized carbons (Fsp3) is 0.650. The third-order valence-corrected chi connectivity index (χ3v) is 6.48. The molecule has 1 aliphatic carbocycles. The Bertz CT molecular complexity index is 629. The number of carbonyl (C=O) groups excluding carboxylic acids is 1.